The Bertz CT molecular complexity index is 1260. The van der Waals surface area contributed by atoms with Crippen LogP contribution in [-0.4, -0.2) is 128 Å². The summed E-state index contributed by atoms with van der Waals surface area (Å²) in [6, 6.07) is 6.80. The van der Waals surface area contributed by atoms with E-state index in [-0.39, 0.29) is 54.0 Å². The van der Waals surface area contributed by atoms with Crippen molar-refractivity contribution in [2.45, 2.75) is 136 Å². The lowest BCUT2D eigenvalue weighted by molar-refractivity contribution is -0.147. The summed E-state index contributed by atoms with van der Waals surface area (Å²) in [6.45, 7) is 14.1. The van der Waals surface area contributed by atoms with Gasteiger partial charge in [0.25, 0.3) is 0 Å². The van der Waals surface area contributed by atoms with E-state index in [0.717, 1.165) is 12.8 Å². The molecule has 1 aliphatic heterocycles. The van der Waals surface area contributed by atoms with Crippen molar-refractivity contribution in [1.29, 1.82) is 0 Å². The summed E-state index contributed by atoms with van der Waals surface area (Å²) in [4.78, 5) is 60.5. The number of aliphatic hydroxyl groups excluding tert-OH is 1. The summed E-state index contributed by atoms with van der Waals surface area (Å²) in [5, 5.41) is 16.8. The first-order valence-corrected chi connectivity index (χ1v) is 19.2. The minimum Gasteiger partial charge on any atom is -0.386 e. The van der Waals surface area contributed by atoms with Gasteiger partial charge in [0.2, 0.25) is 23.6 Å². The third-order valence-corrected chi connectivity index (χ3v) is 10.9. The SMILES string of the molecule is CCC[C@H](NC(=O)[C@H](C(C)C)N(C)C)C(=O)N(C)[C@@H]([C@@H](C)CC)[C@@H](CC(=O)N1CCC[C@H]1[C@H](OC)[C@@H](C)C(=O)N[C@H](C)[C@@H](O)c1ccccc1)OC. The number of carbonyl (C=O) groups excluding carboxylic acids is 4. The van der Waals surface area contributed by atoms with Crippen LogP contribution >= 0.6 is 0 Å². The van der Waals surface area contributed by atoms with E-state index < -0.39 is 42.4 Å². The molecule has 3 N–H and O–H groups in total. The van der Waals surface area contributed by atoms with Gasteiger partial charge in [0.05, 0.1) is 54.8 Å². The number of likely N-dealkylation sites (N-methyl/N-ethyl adjacent to an activating group) is 2. The second-order valence-corrected chi connectivity index (χ2v) is 15.2. The lowest BCUT2D eigenvalue weighted by Gasteiger charge is -2.40. The van der Waals surface area contributed by atoms with E-state index in [2.05, 4.69) is 17.6 Å². The Labute approximate surface area is 313 Å². The molecule has 2 rings (SSSR count). The van der Waals surface area contributed by atoms with Crippen LogP contribution in [-0.2, 0) is 28.7 Å². The van der Waals surface area contributed by atoms with Gasteiger partial charge < -0.3 is 35.0 Å². The van der Waals surface area contributed by atoms with E-state index in [9.17, 15) is 24.3 Å². The predicted octanol–water partition coefficient (Wildman–Crippen LogP) is 4.02. The second-order valence-electron chi connectivity index (χ2n) is 15.2. The van der Waals surface area contributed by atoms with Gasteiger partial charge in [0.15, 0.2) is 0 Å². The topological polar surface area (TPSA) is 141 Å². The molecule has 1 aromatic rings. The number of hydrogen-bond acceptors (Lipinski definition) is 8. The Morgan fingerprint density at radius 1 is 0.942 bits per heavy atom. The lowest BCUT2D eigenvalue weighted by Crippen LogP contribution is -2.58. The van der Waals surface area contributed by atoms with Gasteiger partial charge in [-0.05, 0) is 57.7 Å². The fraction of sp³-hybridized carbons (Fsp3) is 0.750. The van der Waals surface area contributed by atoms with Gasteiger partial charge in [-0.2, -0.15) is 0 Å². The zero-order valence-electron chi connectivity index (χ0n) is 33.9. The molecule has 10 atom stereocenters. The first kappa shape index (κ1) is 45.1. The molecule has 1 heterocycles. The first-order valence-electron chi connectivity index (χ1n) is 19.2. The fourth-order valence-electron chi connectivity index (χ4n) is 7.86. The maximum atomic E-state index is 14.1. The number of nitrogens with zero attached hydrogens (tertiary/aromatic N) is 3. The van der Waals surface area contributed by atoms with E-state index in [1.165, 1.54) is 0 Å². The van der Waals surface area contributed by atoms with Crippen LogP contribution in [0.2, 0.25) is 0 Å². The summed E-state index contributed by atoms with van der Waals surface area (Å²) >= 11 is 0. The molecule has 52 heavy (non-hydrogen) atoms. The number of rotatable bonds is 21. The number of nitrogens with one attached hydrogen (secondary N) is 2. The van der Waals surface area contributed by atoms with E-state index in [0.29, 0.717) is 31.4 Å². The van der Waals surface area contributed by atoms with Crippen LogP contribution in [0, 0.1) is 17.8 Å². The molecule has 0 aliphatic carbocycles. The van der Waals surface area contributed by atoms with Crippen molar-refractivity contribution >= 4 is 23.6 Å². The molecular formula is C40H69N5O7. The summed E-state index contributed by atoms with van der Waals surface area (Å²) in [7, 11) is 8.59. The molecule has 0 saturated carbocycles. The summed E-state index contributed by atoms with van der Waals surface area (Å²) in [6.07, 6.45) is 1.37. The highest BCUT2D eigenvalue weighted by molar-refractivity contribution is 5.90. The van der Waals surface area contributed by atoms with Gasteiger partial charge in [0, 0.05) is 27.8 Å². The molecular weight excluding hydrogens is 662 g/mol. The van der Waals surface area contributed by atoms with E-state index >= 15 is 0 Å². The number of ether oxygens (including phenoxy) is 2. The molecule has 1 fully saturated rings. The number of benzene rings is 1. The van der Waals surface area contributed by atoms with Crippen LogP contribution in [0.3, 0.4) is 0 Å². The van der Waals surface area contributed by atoms with E-state index in [1.807, 2.05) is 77.0 Å². The first-order chi connectivity index (χ1) is 24.5. The quantitative estimate of drug-likeness (QED) is 0.172. The normalized spacial score (nSPS) is 20.0. The average Bonchev–Trinajstić information content (AvgIpc) is 3.60. The van der Waals surface area contributed by atoms with Crippen molar-refractivity contribution in [3.63, 3.8) is 0 Å². The van der Waals surface area contributed by atoms with Gasteiger partial charge in [-0.1, -0.05) is 84.7 Å². The molecule has 1 aromatic carbocycles. The number of likely N-dealkylation sites (tertiary alicyclic amines) is 1. The average molecular weight is 732 g/mol. The molecule has 12 heteroatoms. The van der Waals surface area contributed by atoms with Gasteiger partial charge >= 0.3 is 0 Å². The Kier molecular flexibility index (Phi) is 18.7. The minimum absolute atomic E-state index is 0.00657. The molecule has 12 nitrogen and oxygen atoms in total. The Morgan fingerprint density at radius 2 is 1.58 bits per heavy atom. The fourth-order valence-corrected chi connectivity index (χ4v) is 7.86. The monoisotopic (exact) mass is 732 g/mol. The number of aliphatic hydroxyl groups is 1. The largest absolute Gasteiger partial charge is 0.386 e. The summed E-state index contributed by atoms with van der Waals surface area (Å²) < 4.78 is 11.9. The van der Waals surface area contributed by atoms with Crippen LogP contribution < -0.4 is 10.6 Å². The van der Waals surface area contributed by atoms with Crippen molar-refractivity contribution in [3.05, 3.63) is 35.9 Å². The van der Waals surface area contributed by atoms with Crippen LogP contribution in [0.1, 0.15) is 98.7 Å². The number of methoxy groups -OCH3 is 2. The predicted molar refractivity (Wildman–Crippen MR) is 204 cm³/mol. The summed E-state index contributed by atoms with van der Waals surface area (Å²) in [5.74, 6) is -1.33. The molecule has 4 amide bonds. The molecule has 0 radical (unpaired) electrons. The van der Waals surface area contributed by atoms with Crippen molar-refractivity contribution in [1.82, 2.24) is 25.3 Å². The van der Waals surface area contributed by atoms with Gasteiger partial charge in [-0.3, -0.25) is 24.1 Å². The van der Waals surface area contributed by atoms with Crippen LogP contribution in [0.4, 0.5) is 0 Å². The maximum Gasteiger partial charge on any atom is 0.245 e. The number of hydrogen-bond donors (Lipinski definition) is 3. The summed E-state index contributed by atoms with van der Waals surface area (Å²) in [5.41, 5.74) is 0.712. The molecule has 0 unspecified atom stereocenters. The zero-order valence-corrected chi connectivity index (χ0v) is 33.9. The number of carbonyl (C=O) groups is 4. The van der Waals surface area contributed by atoms with Crippen LogP contribution in [0.5, 0.6) is 0 Å². The molecule has 0 spiro atoms. The molecule has 1 saturated heterocycles. The van der Waals surface area contributed by atoms with Crippen molar-refractivity contribution < 1.29 is 33.8 Å². The van der Waals surface area contributed by atoms with Crippen molar-refractivity contribution in [2.24, 2.45) is 17.8 Å². The molecule has 0 aromatic heterocycles. The highest BCUT2D eigenvalue weighted by atomic mass is 16.5. The van der Waals surface area contributed by atoms with Crippen molar-refractivity contribution in [3.8, 4) is 0 Å². The zero-order chi connectivity index (χ0) is 39.3. The standard InChI is InChI=1S/C40H69N5O7/c1-13-19-30(42-39(49)34(25(3)4)43(8)9)40(50)44(10)35(26(5)14-2)32(51-11)24-33(46)45-23-18-22-31(45)37(52-12)27(6)38(48)41-28(7)36(47)29-20-16-15-17-21-29/h15-17,20-21,25-28,30-32,34-37,47H,13-14,18-19,22-24H2,1-12H3,(H,41,48)(H,42,49)/t26-,27+,28+,30-,31-,32+,34-,35-,36+,37+/m0/s1. The molecule has 0 bridgehead atoms. The van der Waals surface area contributed by atoms with E-state index in [4.69, 9.17) is 9.47 Å². The minimum atomic E-state index is -0.874. The van der Waals surface area contributed by atoms with E-state index in [1.54, 1.807) is 44.9 Å². The van der Waals surface area contributed by atoms with Crippen LogP contribution in [0.25, 0.3) is 0 Å². The maximum absolute atomic E-state index is 14.1. The Hall–Kier alpha value is -3.06. The Morgan fingerprint density at radius 3 is 2.10 bits per heavy atom. The lowest BCUT2D eigenvalue weighted by atomic mass is 9.89. The number of amides is 4. The Balaban J connectivity index is 2.24. The second kappa shape index (κ2) is 21.6. The van der Waals surface area contributed by atoms with Gasteiger partial charge in [0.1, 0.15) is 6.04 Å². The van der Waals surface area contributed by atoms with Crippen LogP contribution in [0.15, 0.2) is 30.3 Å². The van der Waals surface area contributed by atoms with Crippen molar-refractivity contribution in [2.75, 3.05) is 41.9 Å². The van der Waals surface area contributed by atoms with Gasteiger partial charge in [-0.15, -0.1) is 0 Å². The smallest absolute Gasteiger partial charge is 0.245 e. The molecule has 296 valence electrons. The molecule has 1 aliphatic rings. The van der Waals surface area contributed by atoms with Gasteiger partial charge in [-0.25, -0.2) is 0 Å². The third kappa shape index (κ3) is 11.7. The highest BCUT2D eigenvalue weighted by Gasteiger charge is 2.43. The third-order valence-electron chi connectivity index (χ3n) is 10.9. The highest BCUT2D eigenvalue weighted by Crippen LogP contribution is 2.30.